The van der Waals surface area contributed by atoms with Gasteiger partial charge in [-0.3, -0.25) is 9.59 Å². The van der Waals surface area contributed by atoms with Crippen LogP contribution in [0.2, 0.25) is 0 Å². The van der Waals surface area contributed by atoms with E-state index in [4.69, 9.17) is 0 Å². The van der Waals surface area contributed by atoms with Gasteiger partial charge in [0.15, 0.2) is 0 Å². The van der Waals surface area contributed by atoms with Crippen LogP contribution in [0.3, 0.4) is 0 Å². The number of amides is 2. The summed E-state index contributed by atoms with van der Waals surface area (Å²) in [6.45, 7) is 5.15. The Morgan fingerprint density at radius 2 is 1.84 bits per heavy atom. The molecular weight excluding hydrogens is 242 g/mol. The summed E-state index contributed by atoms with van der Waals surface area (Å²) < 4.78 is 0. The predicted molar refractivity (Wildman–Crippen MR) is 75.2 cm³/mol. The third kappa shape index (κ3) is 5.09. The van der Waals surface area contributed by atoms with Gasteiger partial charge in [0.1, 0.15) is 0 Å². The summed E-state index contributed by atoms with van der Waals surface area (Å²) in [4.78, 5) is 24.5. The minimum atomic E-state index is -0.624. The number of hydrogen-bond acceptors (Lipinski definition) is 2. The summed E-state index contributed by atoms with van der Waals surface area (Å²) in [5.74, 6) is -1.22. The lowest BCUT2D eigenvalue weighted by molar-refractivity contribution is -0.856. The first-order valence-electron chi connectivity index (χ1n) is 6.35. The van der Waals surface area contributed by atoms with Gasteiger partial charge in [-0.15, -0.1) is 0 Å². The first-order chi connectivity index (χ1) is 8.90. The van der Waals surface area contributed by atoms with Crippen molar-refractivity contribution in [2.24, 2.45) is 0 Å². The zero-order valence-electron chi connectivity index (χ0n) is 12.0. The number of quaternary nitrogens is 1. The van der Waals surface area contributed by atoms with E-state index < -0.39 is 11.8 Å². The maximum atomic E-state index is 11.7. The molecule has 2 amide bonds. The van der Waals surface area contributed by atoms with Crippen LogP contribution in [-0.4, -0.2) is 39.0 Å². The van der Waals surface area contributed by atoms with E-state index in [9.17, 15) is 9.59 Å². The van der Waals surface area contributed by atoms with Crippen LogP contribution >= 0.6 is 0 Å². The molecule has 0 atom stereocenters. The molecule has 5 nitrogen and oxygen atoms in total. The number of nitrogens with one attached hydrogen (secondary N) is 3. The lowest BCUT2D eigenvalue weighted by atomic mass is 10.1. The first-order valence-corrected chi connectivity index (χ1v) is 6.35. The van der Waals surface area contributed by atoms with Crippen molar-refractivity contribution < 1.29 is 14.5 Å². The molecule has 0 radical (unpaired) electrons. The van der Waals surface area contributed by atoms with E-state index in [1.165, 1.54) is 4.90 Å². The zero-order chi connectivity index (χ0) is 14.4. The Morgan fingerprint density at radius 1 is 1.16 bits per heavy atom. The molecule has 0 unspecified atom stereocenters. The molecule has 0 spiro atoms. The van der Waals surface area contributed by atoms with Gasteiger partial charge in [-0.2, -0.15) is 0 Å². The number of likely N-dealkylation sites (N-methyl/N-ethyl adjacent to an activating group) is 1. The molecule has 0 fully saturated rings. The molecule has 0 saturated heterocycles. The highest BCUT2D eigenvalue weighted by atomic mass is 16.2. The molecule has 0 bridgehead atoms. The molecule has 5 heteroatoms. The van der Waals surface area contributed by atoms with E-state index in [0.717, 1.165) is 17.7 Å². The van der Waals surface area contributed by atoms with Crippen LogP contribution in [0.1, 0.15) is 11.1 Å². The van der Waals surface area contributed by atoms with Crippen LogP contribution in [0.5, 0.6) is 0 Å². The van der Waals surface area contributed by atoms with Crippen LogP contribution in [0.25, 0.3) is 0 Å². The summed E-state index contributed by atoms with van der Waals surface area (Å²) in [5, 5.41) is 5.21. The second-order valence-electron chi connectivity index (χ2n) is 4.99. The van der Waals surface area contributed by atoms with Crippen LogP contribution in [0.4, 0.5) is 5.69 Å². The quantitative estimate of drug-likeness (QED) is 0.642. The fourth-order valence-electron chi connectivity index (χ4n) is 1.64. The molecule has 0 aliphatic heterocycles. The Labute approximate surface area is 114 Å². The second-order valence-corrected chi connectivity index (χ2v) is 4.99. The van der Waals surface area contributed by atoms with Crippen molar-refractivity contribution in [1.29, 1.82) is 0 Å². The Kier molecular flexibility index (Phi) is 5.51. The van der Waals surface area contributed by atoms with Gasteiger partial charge >= 0.3 is 11.8 Å². The maximum absolute atomic E-state index is 11.7. The van der Waals surface area contributed by atoms with Gasteiger partial charge in [-0.1, -0.05) is 17.7 Å². The molecular formula is C14H22N3O2+. The SMILES string of the molecule is Cc1ccc(NC(=O)C(=O)NCC[NH+](C)C)c(C)c1. The Hall–Kier alpha value is -1.88. The summed E-state index contributed by atoms with van der Waals surface area (Å²) in [7, 11) is 3.98. The zero-order valence-corrected chi connectivity index (χ0v) is 12.0. The van der Waals surface area contributed by atoms with Crippen molar-refractivity contribution in [3.8, 4) is 0 Å². The van der Waals surface area contributed by atoms with Crippen LogP contribution in [-0.2, 0) is 9.59 Å². The Balaban J connectivity index is 2.52. The number of carbonyl (C=O) groups is 2. The minimum absolute atomic E-state index is 0.488. The van der Waals surface area contributed by atoms with Gasteiger partial charge in [-0.05, 0) is 25.5 Å². The number of hydrogen-bond donors (Lipinski definition) is 3. The van der Waals surface area contributed by atoms with Gasteiger partial charge < -0.3 is 15.5 Å². The highest BCUT2D eigenvalue weighted by Crippen LogP contribution is 2.15. The summed E-state index contributed by atoms with van der Waals surface area (Å²) in [6, 6.07) is 5.67. The maximum Gasteiger partial charge on any atom is 0.313 e. The molecule has 0 aliphatic rings. The van der Waals surface area contributed by atoms with Crippen LogP contribution in [0.15, 0.2) is 18.2 Å². The number of carbonyl (C=O) groups excluding carboxylic acids is 2. The van der Waals surface area contributed by atoms with Crippen molar-refractivity contribution in [3.05, 3.63) is 29.3 Å². The van der Waals surface area contributed by atoms with Gasteiger partial charge in [0.25, 0.3) is 0 Å². The summed E-state index contributed by atoms with van der Waals surface area (Å²) in [6.07, 6.45) is 0. The van der Waals surface area contributed by atoms with Crippen molar-refractivity contribution in [2.45, 2.75) is 13.8 Å². The monoisotopic (exact) mass is 264 g/mol. The molecule has 3 N–H and O–H groups in total. The third-order valence-electron chi connectivity index (χ3n) is 2.75. The van der Waals surface area contributed by atoms with Crippen molar-refractivity contribution in [1.82, 2.24) is 5.32 Å². The molecule has 0 saturated carbocycles. The van der Waals surface area contributed by atoms with E-state index in [1.807, 2.05) is 40.1 Å². The fraction of sp³-hybridized carbons (Fsp3) is 0.429. The highest BCUT2D eigenvalue weighted by molar-refractivity contribution is 6.39. The van der Waals surface area contributed by atoms with E-state index in [0.29, 0.717) is 12.2 Å². The van der Waals surface area contributed by atoms with Gasteiger partial charge in [0.2, 0.25) is 0 Å². The van der Waals surface area contributed by atoms with E-state index in [1.54, 1.807) is 6.07 Å². The number of aryl methyl sites for hydroxylation is 2. The Bertz CT molecular complexity index is 470. The molecule has 1 rings (SSSR count). The minimum Gasteiger partial charge on any atom is -0.342 e. The number of rotatable bonds is 4. The summed E-state index contributed by atoms with van der Waals surface area (Å²) in [5.41, 5.74) is 2.73. The molecule has 19 heavy (non-hydrogen) atoms. The normalized spacial score (nSPS) is 10.4. The van der Waals surface area contributed by atoms with Crippen LogP contribution in [0, 0.1) is 13.8 Å². The van der Waals surface area contributed by atoms with Gasteiger partial charge in [0, 0.05) is 5.69 Å². The van der Waals surface area contributed by atoms with Gasteiger partial charge in [0.05, 0.1) is 27.2 Å². The smallest absolute Gasteiger partial charge is 0.313 e. The second kappa shape index (κ2) is 6.89. The number of benzene rings is 1. The first kappa shape index (κ1) is 15.2. The standard InChI is InChI=1S/C14H21N3O2/c1-10-5-6-12(11(2)9-10)16-14(19)13(18)15-7-8-17(3)4/h5-6,9H,7-8H2,1-4H3,(H,15,18)(H,16,19)/p+1. The average Bonchev–Trinajstić information content (AvgIpc) is 2.32. The topological polar surface area (TPSA) is 62.6 Å². The van der Waals surface area contributed by atoms with Crippen molar-refractivity contribution >= 4 is 17.5 Å². The van der Waals surface area contributed by atoms with E-state index >= 15 is 0 Å². The van der Waals surface area contributed by atoms with E-state index in [2.05, 4.69) is 10.6 Å². The molecule has 104 valence electrons. The third-order valence-corrected chi connectivity index (χ3v) is 2.75. The van der Waals surface area contributed by atoms with Crippen LogP contribution < -0.4 is 15.5 Å². The van der Waals surface area contributed by atoms with Gasteiger partial charge in [-0.25, -0.2) is 0 Å². The molecule has 0 aliphatic carbocycles. The molecule has 0 heterocycles. The largest absolute Gasteiger partial charge is 0.342 e. The average molecular weight is 264 g/mol. The molecule has 1 aromatic carbocycles. The number of anilines is 1. The Morgan fingerprint density at radius 3 is 2.42 bits per heavy atom. The summed E-state index contributed by atoms with van der Waals surface area (Å²) >= 11 is 0. The fourth-order valence-corrected chi connectivity index (χ4v) is 1.64. The predicted octanol–water partition coefficient (Wildman–Crippen LogP) is -0.497. The van der Waals surface area contributed by atoms with Crippen molar-refractivity contribution in [3.63, 3.8) is 0 Å². The highest BCUT2D eigenvalue weighted by Gasteiger charge is 2.14. The molecule has 1 aromatic rings. The lowest BCUT2D eigenvalue weighted by Gasteiger charge is -2.10. The lowest BCUT2D eigenvalue weighted by Crippen LogP contribution is -3.06. The van der Waals surface area contributed by atoms with Crippen molar-refractivity contribution in [2.75, 3.05) is 32.5 Å². The molecule has 0 aromatic heterocycles. The van der Waals surface area contributed by atoms with E-state index in [-0.39, 0.29) is 0 Å².